The largest absolute Gasteiger partial charge is 0.273 e. The maximum atomic E-state index is 12.7. The van der Waals surface area contributed by atoms with E-state index in [0.717, 1.165) is 21.0 Å². The zero-order valence-electron chi connectivity index (χ0n) is 11.8. The molecule has 21 heavy (non-hydrogen) atoms. The number of hydrogen-bond donors (Lipinski definition) is 0. The third kappa shape index (κ3) is 2.23. The Morgan fingerprint density at radius 3 is 2.24 bits per heavy atom. The van der Waals surface area contributed by atoms with Gasteiger partial charge in [-0.3, -0.25) is 4.79 Å². The predicted octanol–water partition coefficient (Wildman–Crippen LogP) is 2.58. The van der Waals surface area contributed by atoms with Crippen molar-refractivity contribution in [3.63, 3.8) is 0 Å². The quantitative estimate of drug-likeness (QED) is 0.856. The number of sulfonamides is 1. The van der Waals surface area contributed by atoms with E-state index >= 15 is 0 Å². The van der Waals surface area contributed by atoms with Crippen LogP contribution in [0.3, 0.4) is 0 Å². The number of anilines is 1. The van der Waals surface area contributed by atoms with E-state index in [2.05, 4.69) is 0 Å². The molecule has 0 N–H and O–H groups in total. The minimum absolute atomic E-state index is 0.127. The van der Waals surface area contributed by atoms with Gasteiger partial charge in [0.05, 0.1) is 17.0 Å². The summed E-state index contributed by atoms with van der Waals surface area (Å²) >= 11 is 0. The molecular formula is C16H15NO3S. The summed E-state index contributed by atoms with van der Waals surface area (Å²) in [6, 6.07) is 11.9. The first-order chi connectivity index (χ1) is 9.89. The first kappa shape index (κ1) is 13.8. The van der Waals surface area contributed by atoms with E-state index in [0.29, 0.717) is 5.69 Å². The minimum atomic E-state index is -3.85. The molecule has 1 heterocycles. The number of carbonyl (C=O) groups is 1. The number of carbonyl (C=O) groups excluding carboxylic acids is 1. The molecule has 0 unspecified atom stereocenters. The van der Waals surface area contributed by atoms with E-state index in [9.17, 15) is 13.2 Å². The van der Waals surface area contributed by atoms with Gasteiger partial charge in [0, 0.05) is 0 Å². The van der Waals surface area contributed by atoms with E-state index in [1.807, 2.05) is 26.0 Å². The van der Waals surface area contributed by atoms with E-state index in [4.69, 9.17) is 0 Å². The Bertz CT molecular complexity index is 823. The van der Waals surface area contributed by atoms with E-state index in [-0.39, 0.29) is 11.3 Å². The molecule has 2 aromatic rings. The third-order valence-corrected chi connectivity index (χ3v) is 5.33. The zero-order chi connectivity index (χ0) is 15.2. The summed E-state index contributed by atoms with van der Waals surface area (Å²) in [5.74, 6) is -0.406. The van der Waals surface area contributed by atoms with Gasteiger partial charge in [0.15, 0.2) is 0 Å². The molecule has 1 amide bonds. The number of hydrogen-bond acceptors (Lipinski definition) is 3. The lowest BCUT2D eigenvalue weighted by atomic mass is 10.1. The number of fused-ring (bicyclic) bond motifs is 1. The van der Waals surface area contributed by atoms with Gasteiger partial charge in [-0.1, -0.05) is 35.4 Å². The molecule has 0 spiro atoms. The van der Waals surface area contributed by atoms with Crippen LogP contribution in [0.4, 0.5) is 5.69 Å². The Hall–Kier alpha value is -2.14. The second-order valence-corrected chi connectivity index (χ2v) is 7.07. The molecule has 0 bridgehead atoms. The predicted molar refractivity (Wildman–Crippen MR) is 80.7 cm³/mol. The van der Waals surface area contributed by atoms with Crippen molar-refractivity contribution < 1.29 is 13.2 Å². The number of nitrogens with zero attached hydrogens (tertiary/aromatic N) is 1. The van der Waals surface area contributed by atoms with Crippen LogP contribution in [0, 0.1) is 13.8 Å². The van der Waals surface area contributed by atoms with Crippen molar-refractivity contribution in [2.75, 3.05) is 4.31 Å². The fourth-order valence-electron chi connectivity index (χ4n) is 2.50. The molecule has 0 atom stereocenters. The fourth-order valence-corrected chi connectivity index (χ4v) is 3.96. The lowest BCUT2D eigenvalue weighted by Crippen LogP contribution is -2.33. The second-order valence-electron chi connectivity index (χ2n) is 5.29. The van der Waals surface area contributed by atoms with Gasteiger partial charge < -0.3 is 0 Å². The van der Waals surface area contributed by atoms with Crippen LogP contribution in [0.15, 0.2) is 47.4 Å². The van der Waals surface area contributed by atoms with Gasteiger partial charge >= 0.3 is 0 Å². The lowest BCUT2D eigenvalue weighted by molar-refractivity contribution is -0.116. The Morgan fingerprint density at radius 1 is 0.952 bits per heavy atom. The molecule has 3 rings (SSSR count). The Balaban J connectivity index is 2.12. The van der Waals surface area contributed by atoms with Gasteiger partial charge in [-0.05, 0) is 37.6 Å². The van der Waals surface area contributed by atoms with Crippen molar-refractivity contribution in [2.45, 2.75) is 25.2 Å². The Kier molecular flexibility index (Phi) is 3.10. The zero-order valence-corrected chi connectivity index (χ0v) is 12.6. The molecule has 108 valence electrons. The first-order valence-electron chi connectivity index (χ1n) is 6.64. The normalized spacial score (nSPS) is 14.4. The van der Waals surface area contributed by atoms with Crippen LogP contribution in [-0.4, -0.2) is 14.3 Å². The highest BCUT2D eigenvalue weighted by Crippen LogP contribution is 2.34. The molecule has 5 heteroatoms. The summed E-state index contributed by atoms with van der Waals surface area (Å²) in [6.07, 6.45) is 0.127. The molecule has 0 saturated heterocycles. The lowest BCUT2D eigenvalue weighted by Gasteiger charge is -2.18. The maximum Gasteiger partial charge on any atom is 0.270 e. The van der Waals surface area contributed by atoms with Crippen molar-refractivity contribution >= 4 is 21.6 Å². The van der Waals surface area contributed by atoms with Crippen molar-refractivity contribution in [2.24, 2.45) is 0 Å². The molecule has 2 aromatic carbocycles. The summed E-state index contributed by atoms with van der Waals surface area (Å²) in [5, 5.41) is 0. The highest BCUT2D eigenvalue weighted by molar-refractivity contribution is 7.93. The van der Waals surface area contributed by atoms with Crippen molar-refractivity contribution in [1.29, 1.82) is 0 Å². The van der Waals surface area contributed by atoms with Crippen LogP contribution < -0.4 is 4.31 Å². The average molecular weight is 301 g/mol. The Morgan fingerprint density at radius 2 is 1.57 bits per heavy atom. The summed E-state index contributed by atoms with van der Waals surface area (Å²) < 4.78 is 26.3. The average Bonchev–Trinajstić information content (AvgIpc) is 2.74. The van der Waals surface area contributed by atoms with Gasteiger partial charge in [0.2, 0.25) is 5.91 Å². The minimum Gasteiger partial charge on any atom is -0.273 e. The van der Waals surface area contributed by atoms with Crippen LogP contribution in [-0.2, 0) is 21.2 Å². The second kappa shape index (κ2) is 4.70. The SMILES string of the molecule is Cc1ccc(S(=O)(=O)N2C(=O)Cc3cc(C)ccc32)cc1. The highest BCUT2D eigenvalue weighted by Gasteiger charge is 2.37. The van der Waals surface area contributed by atoms with Gasteiger partial charge in [-0.25, -0.2) is 12.7 Å². The van der Waals surface area contributed by atoms with E-state index in [1.54, 1.807) is 18.2 Å². The van der Waals surface area contributed by atoms with Crippen molar-refractivity contribution in [3.8, 4) is 0 Å². The smallest absolute Gasteiger partial charge is 0.270 e. The number of benzene rings is 2. The van der Waals surface area contributed by atoms with Crippen molar-refractivity contribution in [3.05, 3.63) is 59.2 Å². The third-order valence-electron chi connectivity index (χ3n) is 3.58. The summed E-state index contributed by atoms with van der Waals surface area (Å²) in [4.78, 5) is 12.3. The molecular weight excluding hydrogens is 286 g/mol. The molecule has 0 radical (unpaired) electrons. The van der Waals surface area contributed by atoms with Gasteiger partial charge in [-0.15, -0.1) is 0 Å². The Labute approximate surface area is 124 Å². The molecule has 0 fully saturated rings. The molecule has 4 nitrogen and oxygen atoms in total. The first-order valence-corrected chi connectivity index (χ1v) is 8.08. The molecule has 1 aliphatic heterocycles. The topological polar surface area (TPSA) is 54.5 Å². The van der Waals surface area contributed by atoms with Crippen LogP contribution in [0.25, 0.3) is 0 Å². The summed E-state index contributed by atoms with van der Waals surface area (Å²) in [5.41, 5.74) is 3.20. The van der Waals surface area contributed by atoms with Gasteiger partial charge in [0.25, 0.3) is 10.0 Å². The van der Waals surface area contributed by atoms with Crippen LogP contribution >= 0.6 is 0 Å². The highest BCUT2D eigenvalue weighted by atomic mass is 32.2. The van der Waals surface area contributed by atoms with Crippen LogP contribution in [0.2, 0.25) is 0 Å². The molecule has 0 aliphatic carbocycles. The van der Waals surface area contributed by atoms with Gasteiger partial charge in [0.1, 0.15) is 0 Å². The number of aryl methyl sites for hydroxylation is 2. The van der Waals surface area contributed by atoms with E-state index < -0.39 is 15.9 Å². The van der Waals surface area contributed by atoms with Gasteiger partial charge in [-0.2, -0.15) is 0 Å². The molecule has 0 aromatic heterocycles. The number of amides is 1. The van der Waals surface area contributed by atoms with Crippen molar-refractivity contribution in [1.82, 2.24) is 0 Å². The molecule has 0 saturated carbocycles. The summed E-state index contributed by atoms with van der Waals surface area (Å²) in [7, 11) is -3.85. The summed E-state index contributed by atoms with van der Waals surface area (Å²) in [6.45, 7) is 3.80. The monoisotopic (exact) mass is 301 g/mol. The fraction of sp³-hybridized carbons (Fsp3) is 0.188. The van der Waals surface area contributed by atoms with Crippen LogP contribution in [0.5, 0.6) is 0 Å². The van der Waals surface area contributed by atoms with Crippen LogP contribution in [0.1, 0.15) is 16.7 Å². The molecule has 1 aliphatic rings. The maximum absolute atomic E-state index is 12.7. The number of rotatable bonds is 2. The van der Waals surface area contributed by atoms with E-state index in [1.165, 1.54) is 12.1 Å². The standard InChI is InChI=1S/C16H15NO3S/c1-11-3-6-14(7-4-11)21(19,20)17-15-8-5-12(2)9-13(15)10-16(17)18/h3-9H,10H2,1-2H3.